The molecule has 1 fully saturated rings. The van der Waals surface area contributed by atoms with Crippen molar-refractivity contribution in [2.75, 3.05) is 6.61 Å². The van der Waals surface area contributed by atoms with E-state index in [1.165, 1.54) is 37.7 Å². The summed E-state index contributed by atoms with van der Waals surface area (Å²) in [5.41, 5.74) is 4.90. The second-order valence-electron chi connectivity index (χ2n) is 8.65. The molecule has 168 valence electrons. The van der Waals surface area contributed by atoms with Gasteiger partial charge in [-0.05, 0) is 66.3 Å². The molecule has 0 unspecified atom stereocenters. The summed E-state index contributed by atoms with van der Waals surface area (Å²) >= 11 is 0. The molecule has 4 aromatic rings. The first-order valence-electron chi connectivity index (χ1n) is 11.7. The molecule has 0 radical (unpaired) electrons. The Bertz CT molecular complexity index is 1170. The van der Waals surface area contributed by atoms with Crippen molar-refractivity contribution in [3.05, 3.63) is 83.9 Å². The van der Waals surface area contributed by atoms with E-state index in [9.17, 15) is 4.79 Å². The Kier molecular flexibility index (Phi) is 6.38. The fourth-order valence-corrected chi connectivity index (χ4v) is 4.43. The lowest BCUT2D eigenvalue weighted by Crippen LogP contribution is -2.28. The number of fused-ring (bicyclic) bond motifs is 1. The maximum absolute atomic E-state index is 12.2. The number of rotatable bonds is 7. The van der Waals surface area contributed by atoms with E-state index >= 15 is 0 Å². The standard InChI is InChI=1S/C28H28N2O3/c31-27(19-32-24-16-14-22(15-17-24)21-6-2-1-3-7-21)29-18-20-10-12-23(13-11-20)28-30-25-8-4-5-9-26(25)33-28/h4-5,8-17,21H,1-3,6-7,18-19H2,(H,29,31). The number of ether oxygens (including phenoxy) is 1. The van der Waals surface area contributed by atoms with Crippen molar-refractivity contribution >= 4 is 17.0 Å². The van der Waals surface area contributed by atoms with E-state index in [1.807, 2.05) is 60.7 Å². The molecular formula is C28H28N2O3. The van der Waals surface area contributed by atoms with Gasteiger partial charge in [-0.2, -0.15) is 0 Å². The summed E-state index contributed by atoms with van der Waals surface area (Å²) in [5.74, 6) is 1.85. The summed E-state index contributed by atoms with van der Waals surface area (Å²) in [5, 5.41) is 2.91. The first-order chi connectivity index (χ1) is 16.2. The highest BCUT2D eigenvalue weighted by molar-refractivity contribution is 5.77. The van der Waals surface area contributed by atoms with Crippen molar-refractivity contribution in [3.63, 3.8) is 0 Å². The second-order valence-corrected chi connectivity index (χ2v) is 8.65. The molecule has 1 saturated carbocycles. The van der Waals surface area contributed by atoms with Crippen molar-refractivity contribution in [2.45, 2.75) is 44.6 Å². The minimum Gasteiger partial charge on any atom is -0.484 e. The Labute approximate surface area is 193 Å². The van der Waals surface area contributed by atoms with Crippen LogP contribution in [-0.4, -0.2) is 17.5 Å². The van der Waals surface area contributed by atoms with Gasteiger partial charge >= 0.3 is 0 Å². The van der Waals surface area contributed by atoms with E-state index in [0.717, 1.165) is 28.0 Å². The fraction of sp³-hybridized carbons (Fsp3) is 0.286. The molecule has 5 heteroatoms. The number of para-hydroxylation sites is 2. The third-order valence-corrected chi connectivity index (χ3v) is 6.31. The molecule has 5 rings (SSSR count). The van der Waals surface area contributed by atoms with Crippen molar-refractivity contribution < 1.29 is 13.9 Å². The number of nitrogens with zero attached hydrogens (tertiary/aromatic N) is 1. The molecule has 1 heterocycles. The predicted molar refractivity (Wildman–Crippen MR) is 129 cm³/mol. The van der Waals surface area contributed by atoms with E-state index in [1.54, 1.807) is 0 Å². The van der Waals surface area contributed by atoms with Crippen LogP contribution in [0, 0.1) is 0 Å². The van der Waals surface area contributed by atoms with Crippen LogP contribution < -0.4 is 10.1 Å². The number of hydrogen-bond acceptors (Lipinski definition) is 4. The maximum atomic E-state index is 12.2. The molecular weight excluding hydrogens is 412 g/mol. The van der Waals surface area contributed by atoms with Crippen molar-refractivity contribution in [1.29, 1.82) is 0 Å². The molecule has 1 aromatic heterocycles. The van der Waals surface area contributed by atoms with Crippen LogP contribution in [0.15, 0.2) is 77.2 Å². The largest absolute Gasteiger partial charge is 0.484 e. The van der Waals surface area contributed by atoms with Gasteiger partial charge in [-0.3, -0.25) is 4.79 Å². The first kappa shape index (κ1) is 21.3. The monoisotopic (exact) mass is 440 g/mol. The van der Waals surface area contributed by atoms with Gasteiger partial charge in [-0.1, -0.05) is 55.7 Å². The minimum absolute atomic E-state index is 0.00373. The van der Waals surface area contributed by atoms with Gasteiger partial charge in [0.05, 0.1) is 0 Å². The van der Waals surface area contributed by atoms with Gasteiger partial charge < -0.3 is 14.5 Å². The molecule has 1 N–H and O–H groups in total. The maximum Gasteiger partial charge on any atom is 0.258 e. The van der Waals surface area contributed by atoms with Gasteiger partial charge in [0.1, 0.15) is 11.3 Å². The predicted octanol–water partition coefficient (Wildman–Crippen LogP) is 6.24. The summed E-state index contributed by atoms with van der Waals surface area (Å²) in [6.07, 6.45) is 6.55. The van der Waals surface area contributed by atoms with E-state index in [0.29, 0.717) is 18.4 Å². The summed E-state index contributed by atoms with van der Waals surface area (Å²) in [4.78, 5) is 16.7. The zero-order valence-corrected chi connectivity index (χ0v) is 18.6. The second kappa shape index (κ2) is 9.90. The van der Waals surface area contributed by atoms with E-state index in [4.69, 9.17) is 9.15 Å². The number of nitrogens with one attached hydrogen (secondary N) is 1. The molecule has 1 amide bonds. The highest BCUT2D eigenvalue weighted by atomic mass is 16.5. The molecule has 0 aliphatic heterocycles. The minimum atomic E-state index is -0.144. The Morgan fingerprint density at radius 2 is 1.70 bits per heavy atom. The number of amides is 1. The quantitative estimate of drug-likeness (QED) is 0.370. The first-order valence-corrected chi connectivity index (χ1v) is 11.7. The van der Waals surface area contributed by atoms with Gasteiger partial charge in [0.15, 0.2) is 12.2 Å². The topological polar surface area (TPSA) is 64.4 Å². The van der Waals surface area contributed by atoms with Crippen LogP contribution >= 0.6 is 0 Å². The zero-order valence-electron chi connectivity index (χ0n) is 18.6. The van der Waals surface area contributed by atoms with Gasteiger partial charge in [0.2, 0.25) is 5.89 Å². The molecule has 5 nitrogen and oxygen atoms in total. The summed E-state index contributed by atoms with van der Waals surface area (Å²) in [7, 11) is 0. The number of carbonyl (C=O) groups is 1. The third kappa shape index (κ3) is 5.25. The number of carbonyl (C=O) groups excluding carboxylic acids is 1. The molecule has 33 heavy (non-hydrogen) atoms. The van der Waals surface area contributed by atoms with Crippen LogP contribution in [0.5, 0.6) is 5.75 Å². The van der Waals surface area contributed by atoms with E-state index in [2.05, 4.69) is 22.4 Å². The molecule has 3 aromatic carbocycles. The molecule has 0 bridgehead atoms. The van der Waals surface area contributed by atoms with Crippen LogP contribution in [-0.2, 0) is 11.3 Å². The average molecular weight is 441 g/mol. The highest BCUT2D eigenvalue weighted by Crippen LogP contribution is 2.33. The van der Waals surface area contributed by atoms with Crippen LogP contribution in [0.4, 0.5) is 0 Å². The van der Waals surface area contributed by atoms with Crippen LogP contribution in [0.2, 0.25) is 0 Å². The summed E-state index contributed by atoms with van der Waals surface area (Å²) < 4.78 is 11.5. The summed E-state index contributed by atoms with van der Waals surface area (Å²) in [6.45, 7) is 0.445. The number of oxazole rings is 1. The van der Waals surface area contributed by atoms with Gasteiger partial charge in [-0.25, -0.2) is 4.98 Å². The van der Waals surface area contributed by atoms with Gasteiger partial charge in [0.25, 0.3) is 5.91 Å². The van der Waals surface area contributed by atoms with Gasteiger partial charge in [-0.15, -0.1) is 0 Å². The van der Waals surface area contributed by atoms with Crippen molar-refractivity contribution in [3.8, 4) is 17.2 Å². The Balaban J connectivity index is 1.10. The lowest BCUT2D eigenvalue weighted by molar-refractivity contribution is -0.123. The lowest BCUT2D eigenvalue weighted by atomic mass is 9.84. The SMILES string of the molecule is O=C(COc1ccc(C2CCCCC2)cc1)NCc1ccc(-c2nc3ccccc3o2)cc1. The smallest absolute Gasteiger partial charge is 0.258 e. The molecule has 0 spiro atoms. The molecule has 0 saturated heterocycles. The van der Waals surface area contributed by atoms with E-state index < -0.39 is 0 Å². The van der Waals surface area contributed by atoms with E-state index in [-0.39, 0.29) is 12.5 Å². The molecule has 1 aliphatic rings. The fourth-order valence-electron chi connectivity index (χ4n) is 4.43. The van der Waals surface area contributed by atoms with Crippen LogP contribution in [0.3, 0.4) is 0 Å². The Morgan fingerprint density at radius 1 is 0.939 bits per heavy atom. The Morgan fingerprint density at radius 3 is 2.45 bits per heavy atom. The average Bonchev–Trinajstić information content (AvgIpc) is 3.32. The lowest BCUT2D eigenvalue weighted by Gasteiger charge is -2.22. The highest BCUT2D eigenvalue weighted by Gasteiger charge is 2.15. The van der Waals surface area contributed by atoms with Crippen molar-refractivity contribution in [1.82, 2.24) is 10.3 Å². The molecule has 0 atom stereocenters. The third-order valence-electron chi connectivity index (χ3n) is 6.31. The number of aromatic nitrogens is 1. The van der Waals surface area contributed by atoms with Crippen LogP contribution in [0.25, 0.3) is 22.6 Å². The number of hydrogen-bond donors (Lipinski definition) is 1. The Hall–Kier alpha value is -3.60. The summed E-state index contributed by atoms with van der Waals surface area (Å²) in [6, 6.07) is 23.8. The van der Waals surface area contributed by atoms with Crippen molar-refractivity contribution in [2.24, 2.45) is 0 Å². The zero-order chi connectivity index (χ0) is 22.5. The van der Waals surface area contributed by atoms with Gasteiger partial charge in [0, 0.05) is 12.1 Å². The normalized spacial score (nSPS) is 14.3. The number of benzene rings is 3. The van der Waals surface area contributed by atoms with Crippen LogP contribution in [0.1, 0.15) is 49.1 Å². The molecule has 1 aliphatic carbocycles.